The second-order valence-corrected chi connectivity index (χ2v) is 7.60. The molecular weight excluding hydrogens is 404 g/mol. The van der Waals surface area contributed by atoms with Gasteiger partial charge in [0.25, 0.3) is 0 Å². The Morgan fingerprint density at radius 3 is 1.77 bits per heavy atom. The van der Waals surface area contributed by atoms with Crippen molar-refractivity contribution in [2.24, 2.45) is 0 Å². The summed E-state index contributed by atoms with van der Waals surface area (Å²) in [6, 6.07) is 14.9. The number of tetrazole rings is 1. The van der Waals surface area contributed by atoms with E-state index in [9.17, 15) is 9.59 Å². The largest absolute Gasteiger partial charge is 0.339 e. The highest BCUT2D eigenvalue weighted by Gasteiger charge is 2.24. The van der Waals surface area contributed by atoms with E-state index < -0.39 is 0 Å². The fourth-order valence-electron chi connectivity index (χ4n) is 3.43. The topological polar surface area (TPSA) is 84.2 Å². The summed E-state index contributed by atoms with van der Waals surface area (Å²) in [6.07, 6.45) is 2.20. The summed E-state index contributed by atoms with van der Waals surface area (Å²) in [5.74, 6) is 0.137. The van der Waals surface area contributed by atoms with E-state index in [0.717, 1.165) is 16.8 Å². The van der Waals surface area contributed by atoms with Crippen molar-refractivity contribution in [3.05, 3.63) is 71.0 Å². The maximum absolute atomic E-state index is 12.7. The maximum Gasteiger partial charge on any atom is 0.227 e. The third kappa shape index (κ3) is 4.83. The number of hydrogen-bond acceptors (Lipinski definition) is 5. The number of carbonyl (C=O) groups is 2. The molecule has 0 spiro atoms. The fraction of sp³-hybridized carbons (Fsp3) is 0.286. The lowest BCUT2D eigenvalue weighted by molar-refractivity contribution is -0.138. The Hall–Kier alpha value is -3.26. The van der Waals surface area contributed by atoms with Crippen LogP contribution in [0.1, 0.15) is 11.1 Å². The van der Waals surface area contributed by atoms with Crippen LogP contribution >= 0.6 is 11.6 Å². The highest BCUT2D eigenvalue weighted by molar-refractivity contribution is 6.30. The van der Waals surface area contributed by atoms with Crippen LogP contribution in [0, 0.1) is 0 Å². The number of amides is 2. The molecule has 2 amide bonds. The van der Waals surface area contributed by atoms with Gasteiger partial charge in [0, 0.05) is 31.2 Å². The minimum absolute atomic E-state index is 0.0648. The Bertz CT molecular complexity index is 997. The van der Waals surface area contributed by atoms with Crippen LogP contribution in [0.5, 0.6) is 0 Å². The molecule has 0 unspecified atom stereocenters. The molecule has 9 heteroatoms. The molecule has 0 radical (unpaired) electrons. The van der Waals surface area contributed by atoms with E-state index in [1.54, 1.807) is 16.8 Å². The summed E-state index contributed by atoms with van der Waals surface area (Å²) in [7, 11) is 0. The molecule has 0 saturated carbocycles. The lowest BCUT2D eigenvalue weighted by Crippen LogP contribution is -2.51. The number of nitrogens with zero attached hydrogens (tertiary/aromatic N) is 6. The standard InChI is InChI=1S/C21H21ClN6O2/c22-18-5-1-16(2-6-18)13-20(29)26-9-11-27(12-10-26)21(30)14-17-3-7-19(8-4-17)28-15-23-24-25-28/h1-8,15H,9-14H2. The third-order valence-corrected chi connectivity index (χ3v) is 5.41. The lowest BCUT2D eigenvalue weighted by Gasteiger charge is -2.35. The van der Waals surface area contributed by atoms with Gasteiger partial charge in [0.05, 0.1) is 18.5 Å². The Labute approximate surface area is 179 Å². The molecule has 1 fully saturated rings. The van der Waals surface area contributed by atoms with Crippen molar-refractivity contribution in [3.63, 3.8) is 0 Å². The summed E-state index contributed by atoms with van der Waals surface area (Å²) in [4.78, 5) is 28.8. The first-order valence-corrected chi connectivity index (χ1v) is 10.1. The second-order valence-electron chi connectivity index (χ2n) is 7.16. The van der Waals surface area contributed by atoms with Gasteiger partial charge in [-0.3, -0.25) is 9.59 Å². The van der Waals surface area contributed by atoms with Gasteiger partial charge in [0.2, 0.25) is 11.8 Å². The number of halogens is 1. The molecule has 0 atom stereocenters. The molecular formula is C21H21ClN6O2. The van der Waals surface area contributed by atoms with Crippen LogP contribution in [0.3, 0.4) is 0 Å². The number of hydrogen-bond donors (Lipinski definition) is 0. The van der Waals surface area contributed by atoms with E-state index in [4.69, 9.17) is 11.6 Å². The van der Waals surface area contributed by atoms with Crippen molar-refractivity contribution >= 4 is 23.4 Å². The maximum atomic E-state index is 12.7. The second kappa shape index (κ2) is 9.04. The zero-order valence-electron chi connectivity index (χ0n) is 16.3. The van der Waals surface area contributed by atoms with Crippen molar-refractivity contribution in [3.8, 4) is 5.69 Å². The first kappa shape index (κ1) is 20.0. The molecule has 1 saturated heterocycles. The number of aromatic nitrogens is 4. The van der Waals surface area contributed by atoms with E-state index in [1.165, 1.54) is 6.33 Å². The van der Waals surface area contributed by atoms with Gasteiger partial charge in [-0.2, -0.15) is 0 Å². The van der Waals surface area contributed by atoms with Crippen LogP contribution in [0.4, 0.5) is 0 Å². The molecule has 1 aromatic heterocycles. The monoisotopic (exact) mass is 424 g/mol. The first-order chi connectivity index (χ1) is 14.6. The Morgan fingerprint density at radius 1 is 0.800 bits per heavy atom. The van der Waals surface area contributed by atoms with Gasteiger partial charge in [-0.1, -0.05) is 35.9 Å². The summed E-state index contributed by atoms with van der Waals surface area (Å²) in [5.41, 5.74) is 2.70. The highest BCUT2D eigenvalue weighted by Crippen LogP contribution is 2.13. The molecule has 2 heterocycles. The van der Waals surface area contributed by atoms with Gasteiger partial charge in [-0.15, -0.1) is 5.10 Å². The molecule has 1 aliphatic heterocycles. The number of carbonyl (C=O) groups excluding carboxylic acids is 2. The number of benzene rings is 2. The molecule has 4 rings (SSSR count). The fourth-order valence-corrected chi connectivity index (χ4v) is 3.55. The van der Waals surface area contributed by atoms with Crippen molar-refractivity contribution in [1.82, 2.24) is 30.0 Å². The molecule has 0 aliphatic carbocycles. The molecule has 1 aliphatic rings. The lowest BCUT2D eigenvalue weighted by atomic mass is 10.1. The van der Waals surface area contributed by atoms with Crippen LogP contribution < -0.4 is 0 Å². The van der Waals surface area contributed by atoms with Crippen molar-refractivity contribution < 1.29 is 9.59 Å². The molecule has 8 nitrogen and oxygen atoms in total. The zero-order chi connectivity index (χ0) is 20.9. The zero-order valence-corrected chi connectivity index (χ0v) is 17.1. The number of rotatable bonds is 5. The van der Waals surface area contributed by atoms with Gasteiger partial charge in [0.1, 0.15) is 6.33 Å². The summed E-state index contributed by atoms with van der Waals surface area (Å²) < 4.78 is 1.56. The van der Waals surface area contributed by atoms with Crippen molar-refractivity contribution in [1.29, 1.82) is 0 Å². The predicted octanol–water partition coefficient (Wildman–Crippen LogP) is 1.77. The molecule has 30 heavy (non-hydrogen) atoms. The van der Waals surface area contributed by atoms with Gasteiger partial charge in [-0.05, 0) is 45.8 Å². The van der Waals surface area contributed by atoms with Crippen molar-refractivity contribution in [2.45, 2.75) is 12.8 Å². The molecule has 0 N–H and O–H groups in total. The van der Waals surface area contributed by atoms with E-state index in [-0.39, 0.29) is 11.8 Å². The first-order valence-electron chi connectivity index (χ1n) is 9.71. The van der Waals surface area contributed by atoms with Gasteiger partial charge >= 0.3 is 0 Å². The summed E-state index contributed by atoms with van der Waals surface area (Å²) >= 11 is 5.89. The van der Waals surface area contributed by atoms with E-state index >= 15 is 0 Å². The Kier molecular flexibility index (Phi) is 6.04. The van der Waals surface area contributed by atoms with Gasteiger partial charge in [0.15, 0.2) is 0 Å². The third-order valence-electron chi connectivity index (χ3n) is 5.16. The van der Waals surface area contributed by atoms with Crippen LogP contribution in [-0.4, -0.2) is 68.0 Å². The van der Waals surface area contributed by atoms with Crippen molar-refractivity contribution in [2.75, 3.05) is 26.2 Å². The molecule has 154 valence electrons. The average molecular weight is 425 g/mol. The molecule has 2 aromatic carbocycles. The molecule has 3 aromatic rings. The highest BCUT2D eigenvalue weighted by atomic mass is 35.5. The van der Waals surface area contributed by atoms with E-state index in [0.29, 0.717) is 44.0 Å². The van der Waals surface area contributed by atoms with Crippen LogP contribution in [0.15, 0.2) is 54.9 Å². The number of piperazine rings is 1. The predicted molar refractivity (Wildman–Crippen MR) is 111 cm³/mol. The summed E-state index contributed by atoms with van der Waals surface area (Å²) in [5, 5.41) is 11.7. The Morgan fingerprint density at radius 2 is 1.30 bits per heavy atom. The van der Waals surface area contributed by atoms with E-state index in [2.05, 4.69) is 15.5 Å². The smallest absolute Gasteiger partial charge is 0.227 e. The average Bonchev–Trinajstić information content (AvgIpc) is 3.31. The van der Waals surface area contributed by atoms with Crippen LogP contribution in [0.2, 0.25) is 5.02 Å². The summed E-state index contributed by atoms with van der Waals surface area (Å²) in [6.45, 7) is 2.20. The SMILES string of the molecule is O=C(Cc1ccc(Cl)cc1)N1CCN(C(=O)Cc2ccc(-n3cnnn3)cc2)CC1. The minimum atomic E-state index is 0.0648. The van der Waals surface area contributed by atoms with Crippen LogP contribution in [0.25, 0.3) is 5.69 Å². The minimum Gasteiger partial charge on any atom is -0.339 e. The normalized spacial score (nSPS) is 14.0. The molecule has 0 bridgehead atoms. The van der Waals surface area contributed by atoms with Gasteiger partial charge < -0.3 is 9.80 Å². The Balaban J connectivity index is 1.26. The quantitative estimate of drug-likeness (QED) is 0.623. The van der Waals surface area contributed by atoms with E-state index in [1.807, 2.05) is 46.2 Å². The van der Waals surface area contributed by atoms with Gasteiger partial charge in [-0.25, -0.2) is 4.68 Å². The van der Waals surface area contributed by atoms with Crippen LogP contribution in [-0.2, 0) is 22.4 Å².